The van der Waals surface area contributed by atoms with Gasteiger partial charge < -0.3 is 0 Å². The summed E-state index contributed by atoms with van der Waals surface area (Å²) in [6.45, 7) is 1.98. The zero-order valence-electron chi connectivity index (χ0n) is 15.2. The van der Waals surface area contributed by atoms with Crippen LogP contribution in [0.4, 0.5) is 5.00 Å². The molecule has 4 aromatic rings. The summed E-state index contributed by atoms with van der Waals surface area (Å²) in [7, 11) is 0. The highest BCUT2D eigenvalue weighted by atomic mass is 35.5. The lowest BCUT2D eigenvalue weighted by atomic mass is 10.0. The summed E-state index contributed by atoms with van der Waals surface area (Å²) in [5.74, 6) is -0.230. The Balaban J connectivity index is 1.84. The average molecular weight is 424 g/mol. The van der Waals surface area contributed by atoms with Gasteiger partial charge in [-0.1, -0.05) is 40.6 Å². The van der Waals surface area contributed by atoms with Crippen molar-refractivity contribution in [2.24, 2.45) is 0 Å². The molecule has 0 aliphatic heterocycles. The molecule has 2 heterocycles. The van der Waals surface area contributed by atoms with E-state index in [-0.39, 0.29) is 10.8 Å². The van der Waals surface area contributed by atoms with Crippen molar-refractivity contribution in [1.82, 2.24) is 9.78 Å². The fourth-order valence-corrected chi connectivity index (χ4v) is 3.81. The van der Waals surface area contributed by atoms with Gasteiger partial charge in [-0.15, -0.1) is 0 Å². The molecule has 0 fully saturated rings. The van der Waals surface area contributed by atoms with E-state index in [4.69, 9.17) is 11.6 Å². The van der Waals surface area contributed by atoms with Crippen LogP contribution < -0.4 is 0 Å². The zero-order valence-corrected chi connectivity index (χ0v) is 16.8. The first-order valence-electron chi connectivity index (χ1n) is 8.64. The van der Waals surface area contributed by atoms with Crippen LogP contribution in [0.1, 0.15) is 21.5 Å². The van der Waals surface area contributed by atoms with E-state index < -0.39 is 4.92 Å². The molecule has 0 radical (unpaired) electrons. The van der Waals surface area contributed by atoms with Crippen molar-refractivity contribution in [3.8, 4) is 16.3 Å². The van der Waals surface area contributed by atoms with Crippen LogP contribution in [-0.4, -0.2) is 20.5 Å². The highest BCUT2D eigenvalue weighted by Gasteiger charge is 2.23. The first kappa shape index (κ1) is 19.0. The summed E-state index contributed by atoms with van der Waals surface area (Å²) in [6, 6.07) is 17.3. The van der Waals surface area contributed by atoms with Gasteiger partial charge in [0.05, 0.1) is 21.1 Å². The van der Waals surface area contributed by atoms with Gasteiger partial charge in [0.15, 0.2) is 5.78 Å². The standard InChI is InChI=1S/C21H14ClN3O3S/c1-13-2-8-16(9-3-13)24-12-17(21(26)14-4-6-15(22)7-5-14)20(23-24)18-10-11-19(29-18)25(27)28/h2-12H,1H3. The molecule has 0 saturated heterocycles. The second-order valence-corrected chi connectivity index (χ2v) is 7.90. The van der Waals surface area contributed by atoms with Gasteiger partial charge in [-0.2, -0.15) is 5.10 Å². The first-order valence-corrected chi connectivity index (χ1v) is 9.83. The number of hydrogen-bond donors (Lipinski definition) is 0. The monoisotopic (exact) mass is 423 g/mol. The van der Waals surface area contributed by atoms with Crippen LogP contribution in [0.25, 0.3) is 16.3 Å². The Bertz CT molecular complexity index is 1210. The number of nitrogens with zero attached hydrogens (tertiary/aromatic N) is 3. The normalized spacial score (nSPS) is 10.8. The van der Waals surface area contributed by atoms with Crippen molar-refractivity contribution in [1.29, 1.82) is 0 Å². The summed E-state index contributed by atoms with van der Waals surface area (Å²) < 4.78 is 1.61. The largest absolute Gasteiger partial charge is 0.324 e. The Labute approximate surface area is 175 Å². The maximum absolute atomic E-state index is 13.2. The smallest absolute Gasteiger partial charge is 0.288 e. The maximum Gasteiger partial charge on any atom is 0.324 e. The van der Waals surface area contributed by atoms with E-state index in [1.807, 2.05) is 31.2 Å². The van der Waals surface area contributed by atoms with E-state index >= 15 is 0 Å². The van der Waals surface area contributed by atoms with Crippen LogP contribution >= 0.6 is 22.9 Å². The molecule has 0 atom stereocenters. The van der Waals surface area contributed by atoms with Crippen molar-refractivity contribution < 1.29 is 9.72 Å². The van der Waals surface area contributed by atoms with E-state index in [1.165, 1.54) is 6.07 Å². The quantitative estimate of drug-likeness (QED) is 0.234. The highest BCUT2D eigenvalue weighted by molar-refractivity contribution is 7.18. The second-order valence-electron chi connectivity index (χ2n) is 6.40. The average Bonchev–Trinajstić information content (AvgIpc) is 3.36. The van der Waals surface area contributed by atoms with Crippen LogP contribution in [0.15, 0.2) is 66.9 Å². The number of thiophene rings is 1. The molecular weight excluding hydrogens is 410 g/mol. The highest BCUT2D eigenvalue weighted by Crippen LogP contribution is 2.35. The Kier molecular flexibility index (Phi) is 5.00. The number of aryl methyl sites for hydroxylation is 1. The molecule has 0 bridgehead atoms. The fourth-order valence-electron chi connectivity index (χ4n) is 2.86. The summed E-state index contributed by atoms with van der Waals surface area (Å²) in [5.41, 5.74) is 3.13. The number of halogens is 1. The minimum Gasteiger partial charge on any atom is -0.288 e. The number of nitro groups is 1. The molecule has 2 aromatic heterocycles. The molecule has 0 saturated carbocycles. The molecule has 4 rings (SSSR count). The van der Waals surface area contributed by atoms with Crippen molar-refractivity contribution in [3.05, 3.63) is 98.7 Å². The molecule has 29 heavy (non-hydrogen) atoms. The molecule has 2 aromatic carbocycles. The minimum atomic E-state index is -0.453. The molecular formula is C21H14ClN3O3S. The van der Waals surface area contributed by atoms with Crippen LogP contribution in [-0.2, 0) is 0 Å². The molecule has 6 nitrogen and oxygen atoms in total. The summed E-state index contributed by atoms with van der Waals surface area (Å²) in [4.78, 5) is 24.4. The zero-order chi connectivity index (χ0) is 20.5. The molecule has 8 heteroatoms. The number of aromatic nitrogens is 2. The van der Waals surface area contributed by atoms with Crippen molar-refractivity contribution in [2.75, 3.05) is 0 Å². The SMILES string of the molecule is Cc1ccc(-n2cc(C(=O)c3ccc(Cl)cc3)c(-c3ccc([N+](=O)[O-])s3)n2)cc1. The van der Waals surface area contributed by atoms with E-state index in [2.05, 4.69) is 5.10 Å². The van der Waals surface area contributed by atoms with Crippen LogP contribution in [0, 0.1) is 17.0 Å². The van der Waals surface area contributed by atoms with Gasteiger partial charge in [0.2, 0.25) is 0 Å². The molecule has 0 N–H and O–H groups in total. The van der Waals surface area contributed by atoms with E-state index in [0.717, 1.165) is 22.6 Å². The number of carbonyl (C=O) groups is 1. The minimum absolute atomic E-state index is 0.00484. The fraction of sp³-hybridized carbons (Fsp3) is 0.0476. The molecule has 0 aliphatic rings. The first-order chi connectivity index (χ1) is 13.9. The molecule has 144 valence electrons. The van der Waals surface area contributed by atoms with Gasteiger partial charge >= 0.3 is 5.00 Å². The van der Waals surface area contributed by atoms with E-state index in [9.17, 15) is 14.9 Å². The van der Waals surface area contributed by atoms with Gasteiger partial charge in [-0.05, 0) is 49.4 Å². The lowest BCUT2D eigenvalue weighted by Gasteiger charge is -2.01. The molecule has 0 spiro atoms. The summed E-state index contributed by atoms with van der Waals surface area (Å²) in [5, 5.41) is 16.2. The third-order valence-electron chi connectivity index (χ3n) is 4.37. The summed E-state index contributed by atoms with van der Waals surface area (Å²) >= 11 is 6.91. The number of carbonyl (C=O) groups excluding carboxylic acids is 1. The Morgan fingerprint density at radius 1 is 1.07 bits per heavy atom. The number of benzene rings is 2. The number of rotatable bonds is 5. The van der Waals surface area contributed by atoms with Crippen molar-refractivity contribution in [2.45, 2.75) is 6.92 Å². The van der Waals surface area contributed by atoms with E-state index in [1.54, 1.807) is 41.2 Å². The molecule has 0 amide bonds. The molecule has 0 aliphatic carbocycles. The predicted octanol–water partition coefficient (Wildman–Crippen LogP) is 5.70. The van der Waals surface area contributed by atoms with Crippen molar-refractivity contribution in [3.63, 3.8) is 0 Å². The van der Waals surface area contributed by atoms with Gasteiger partial charge in [-0.25, -0.2) is 4.68 Å². The Morgan fingerprint density at radius 3 is 2.38 bits per heavy atom. The lowest BCUT2D eigenvalue weighted by Crippen LogP contribution is -2.01. The third-order valence-corrected chi connectivity index (χ3v) is 5.66. The second kappa shape index (κ2) is 7.62. The van der Waals surface area contributed by atoms with Gasteiger partial charge in [0.25, 0.3) is 0 Å². The Morgan fingerprint density at radius 2 is 1.76 bits per heavy atom. The van der Waals surface area contributed by atoms with Gasteiger partial charge in [0, 0.05) is 22.8 Å². The van der Waals surface area contributed by atoms with Crippen molar-refractivity contribution >= 4 is 33.7 Å². The van der Waals surface area contributed by atoms with Gasteiger partial charge in [0.1, 0.15) is 5.69 Å². The third kappa shape index (κ3) is 3.83. The number of hydrogen-bond acceptors (Lipinski definition) is 5. The van der Waals surface area contributed by atoms with Crippen LogP contribution in [0.2, 0.25) is 5.02 Å². The lowest BCUT2D eigenvalue weighted by molar-refractivity contribution is -0.380. The van der Waals surface area contributed by atoms with Crippen LogP contribution in [0.3, 0.4) is 0 Å². The van der Waals surface area contributed by atoms with Crippen LogP contribution in [0.5, 0.6) is 0 Å². The predicted molar refractivity (Wildman–Crippen MR) is 113 cm³/mol. The summed E-state index contributed by atoms with van der Waals surface area (Å²) in [6.07, 6.45) is 1.66. The number of ketones is 1. The Hall–Kier alpha value is -3.29. The topological polar surface area (TPSA) is 78.0 Å². The molecule has 0 unspecified atom stereocenters. The maximum atomic E-state index is 13.2. The van der Waals surface area contributed by atoms with Gasteiger partial charge in [-0.3, -0.25) is 14.9 Å². The van der Waals surface area contributed by atoms with E-state index in [0.29, 0.717) is 26.7 Å².